The molecule has 0 bridgehead atoms. The molecule has 1 aromatic heterocycles. The zero-order chi connectivity index (χ0) is 17.2. The average molecular weight is 369 g/mol. The van der Waals surface area contributed by atoms with E-state index in [0.717, 1.165) is 32.6 Å². The molecule has 1 fully saturated rings. The fourth-order valence-corrected chi connectivity index (χ4v) is 4.60. The minimum atomic E-state index is -3.67. The molecule has 0 radical (unpaired) electrons. The van der Waals surface area contributed by atoms with Crippen LogP contribution in [0.5, 0.6) is 0 Å². The van der Waals surface area contributed by atoms with Crippen LogP contribution in [0.3, 0.4) is 0 Å². The third kappa shape index (κ3) is 3.70. The first-order valence-corrected chi connectivity index (χ1v) is 9.85. The summed E-state index contributed by atoms with van der Waals surface area (Å²) in [6.45, 7) is 5.37. The second-order valence-corrected chi connectivity index (χ2v) is 7.97. The number of benzene rings is 1. The lowest BCUT2D eigenvalue weighted by molar-refractivity contribution is 0.212. The van der Waals surface area contributed by atoms with E-state index in [9.17, 15) is 8.42 Å². The quantitative estimate of drug-likeness (QED) is 0.860. The molecule has 1 unspecified atom stereocenters. The zero-order valence-corrected chi connectivity index (χ0v) is 15.1. The summed E-state index contributed by atoms with van der Waals surface area (Å²) in [5, 5.41) is 4.29. The summed E-state index contributed by atoms with van der Waals surface area (Å²) in [4.78, 5) is 6.53. The van der Waals surface area contributed by atoms with Crippen LogP contribution in [0.15, 0.2) is 35.4 Å². The molecule has 2 heterocycles. The maximum absolute atomic E-state index is 12.9. The van der Waals surface area contributed by atoms with Crippen molar-refractivity contribution in [2.45, 2.75) is 24.4 Å². The largest absolute Gasteiger partial charge is 0.315 e. The van der Waals surface area contributed by atoms with Crippen molar-refractivity contribution in [2.75, 3.05) is 26.2 Å². The number of nitrogens with one attached hydrogen (secondary N) is 2. The van der Waals surface area contributed by atoms with Crippen molar-refractivity contribution in [1.82, 2.24) is 19.9 Å². The number of fused-ring (bicyclic) bond motifs is 1. The van der Waals surface area contributed by atoms with Gasteiger partial charge in [0.2, 0.25) is 10.0 Å². The summed E-state index contributed by atoms with van der Waals surface area (Å²) < 4.78 is 28.5. The van der Waals surface area contributed by atoms with Gasteiger partial charge in [0.25, 0.3) is 0 Å². The molecular formula is C16H21ClN4O2S. The van der Waals surface area contributed by atoms with Crippen molar-refractivity contribution in [3.05, 3.63) is 35.5 Å². The Kier molecular flexibility index (Phi) is 5.36. The van der Waals surface area contributed by atoms with E-state index < -0.39 is 10.0 Å². The molecule has 1 aliphatic heterocycles. The lowest BCUT2D eigenvalue weighted by atomic mass is 10.2. The van der Waals surface area contributed by atoms with Gasteiger partial charge in [-0.15, -0.1) is 0 Å². The Hall–Kier alpha value is -1.25. The highest BCUT2D eigenvalue weighted by molar-refractivity contribution is 7.89. The average Bonchev–Trinajstić information content (AvgIpc) is 2.84. The molecule has 1 atom stereocenters. The van der Waals surface area contributed by atoms with E-state index in [1.165, 1.54) is 6.07 Å². The fraction of sp³-hybridized carbons (Fsp3) is 0.438. The number of sulfonamides is 1. The molecule has 1 saturated heterocycles. The highest BCUT2D eigenvalue weighted by atomic mass is 35.5. The lowest BCUT2D eigenvalue weighted by Gasteiger charge is -2.28. The topological polar surface area (TPSA) is 74.3 Å². The second-order valence-electron chi connectivity index (χ2n) is 5.88. The Morgan fingerprint density at radius 2 is 2.12 bits per heavy atom. The molecule has 0 saturated carbocycles. The summed E-state index contributed by atoms with van der Waals surface area (Å²) in [5.74, 6) is 0. The van der Waals surface area contributed by atoms with Crippen molar-refractivity contribution in [2.24, 2.45) is 0 Å². The van der Waals surface area contributed by atoms with Gasteiger partial charge in [0.05, 0.1) is 21.6 Å². The Bertz CT molecular complexity index is 820. The predicted octanol–water partition coefficient (Wildman–Crippen LogP) is 1.81. The Balaban J connectivity index is 1.89. The molecular weight excluding hydrogens is 348 g/mol. The number of hydrogen-bond donors (Lipinski definition) is 2. The van der Waals surface area contributed by atoms with E-state index >= 15 is 0 Å². The van der Waals surface area contributed by atoms with E-state index in [-0.39, 0.29) is 11.1 Å². The highest BCUT2D eigenvalue weighted by Gasteiger charge is 2.24. The molecule has 24 heavy (non-hydrogen) atoms. The van der Waals surface area contributed by atoms with Gasteiger partial charge in [0, 0.05) is 31.2 Å². The number of rotatable bonds is 4. The van der Waals surface area contributed by atoms with Crippen LogP contribution in [-0.2, 0) is 10.0 Å². The SMILES string of the molecule is CC(NS(=O)(=O)c1ccc(Cl)c2ncccc12)N1CCCNCC1. The molecule has 8 heteroatoms. The molecule has 0 amide bonds. The fourth-order valence-electron chi connectivity index (χ4n) is 2.96. The van der Waals surface area contributed by atoms with Gasteiger partial charge in [-0.3, -0.25) is 9.88 Å². The number of halogens is 1. The van der Waals surface area contributed by atoms with Crippen LogP contribution >= 0.6 is 11.6 Å². The van der Waals surface area contributed by atoms with Gasteiger partial charge in [0.15, 0.2) is 0 Å². The minimum absolute atomic E-state index is 0.204. The van der Waals surface area contributed by atoms with Crippen LogP contribution in [0.2, 0.25) is 5.02 Å². The molecule has 0 aliphatic carbocycles. The van der Waals surface area contributed by atoms with Crippen LogP contribution < -0.4 is 10.0 Å². The van der Waals surface area contributed by atoms with E-state index in [1.807, 2.05) is 6.92 Å². The minimum Gasteiger partial charge on any atom is -0.315 e. The Morgan fingerprint density at radius 3 is 2.96 bits per heavy atom. The van der Waals surface area contributed by atoms with Crippen molar-refractivity contribution in [3.63, 3.8) is 0 Å². The lowest BCUT2D eigenvalue weighted by Crippen LogP contribution is -2.47. The van der Waals surface area contributed by atoms with Gasteiger partial charge in [-0.05, 0) is 44.2 Å². The molecule has 2 N–H and O–H groups in total. The highest BCUT2D eigenvalue weighted by Crippen LogP contribution is 2.27. The predicted molar refractivity (Wildman–Crippen MR) is 95.6 cm³/mol. The molecule has 3 rings (SSSR count). The van der Waals surface area contributed by atoms with Gasteiger partial charge < -0.3 is 5.32 Å². The van der Waals surface area contributed by atoms with Crippen molar-refractivity contribution >= 4 is 32.5 Å². The van der Waals surface area contributed by atoms with Crippen LogP contribution in [0, 0.1) is 0 Å². The summed E-state index contributed by atoms with van der Waals surface area (Å²) in [5.41, 5.74) is 0.494. The van der Waals surface area contributed by atoms with Gasteiger partial charge >= 0.3 is 0 Å². The van der Waals surface area contributed by atoms with Gasteiger partial charge in [0.1, 0.15) is 0 Å². The molecule has 6 nitrogen and oxygen atoms in total. The zero-order valence-electron chi connectivity index (χ0n) is 13.5. The van der Waals surface area contributed by atoms with Gasteiger partial charge in [-0.2, -0.15) is 4.72 Å². The van der Waals surface area contributed by atoms with E-state index in [0.29, 0.717) is 15.9 Å². The number of hydrogen-bond acceptors (Lipinski definition) is 5. The Labute approximate surface area is 147 Å². The van der Waals surface area contributed by atoms with Crippen molar-refractivity contribution < 1.29 is 8.42 Å². The van der Waals surface area contributed by atoms with Crippen LogP contribution in [0.25, 0.3) is 10.9 Å². The van der Waals surface area contributed by atoms with Gasteiger partial charge in [-0.25, -0.2) is 8.42 Å². The third-order valence-electron chi connectivity index (χ3n) is 4.22. The van der Waals surface area contributed by atoms with Crippen molar-refractivity contribution in [1.29, 1.82) is 0 Å². The second kappa shape index (κ2) is 7.33. The smallest absolute Gasteiger partial charge is 0.242 e. The van der Waals surface area contributed by atoms with Crippen molar-refractivity contribution in [3.8, 4) is 0 Å². The first-order chi connectivity index (χ1) is 11.5. The van der Waals surface area contributed by atoms with Gasteiger partial charge in [-0.1, -0.05) is 11.6 Å². The Morgan fingerprint density at radius 1 is 1.29 bits per heavy atom. The maximum atomic E-state index is 12.9. The first kappa shape index (κ1) is 17.6. The summed E-state index contributed by atoms with van der Waals surface area (Å²) in [6, 6.07) is 6.54. The number of pyridine rings is 1. The summed E-state index contributed by atoms with van der Waals surface area (Å²) in [7, 11) is -3.67. The monoisotopic (exact) mass is 368 g/mol. The molecule has 2 aromatic rings. The van der Waals surface area contributed by atoms with Crippen LogP contribution in [0.4, 0.5) is 0 Å². The molecule has 1 aromatic carbocycles. The molecule has 1 aliphatic rings. The number of nitrogens with zero attached hydrogens (tertiary/aromatic N) is 2. The first-order valence-electron chi connectivity index (χ1n) is 7.99. The summed E-state index contributed by atoms with van der Waals surface area (Å²) >= 11 is 6.13. The van der Waals surface area contributed by atoms with Crippen LogP contribution in [0.1, 0.15) is 13.3 Å². The number of aromatic nitrogens is 1. The standard InChI is InChI=1S/C16H21ClN4O2S/c1-12(21-10-3-7-18-9-11-21)20-24(22,23)15-6-5-14(17)16-13(15)4-2-8-19-16/h2,4-6,8,12,18,20H,3,7,9-11H2,1H3. The molecule has 130 valence electrons. The maximum Gasteiger partial charge on any atom is 0.242 e. The van der Waals surface area contributed by atoms with E-state index in [1.54, 1.807) is 24.4 Å². The van der Waals surface area contributed by atoms with E-state index in [4.69, 9.17) is 11.6 Å². The summed E-state index contributed by atoms with van der Waals surface area (Å²) in [6.07, 6.45) is 2.32. The molecule has 0 spiro atoms. The third-order valence-corrected chi connectivity index (χ3v) is 6.11. The normalized spacial score (nSPS) is 18.4. The van der Waals surface area contributed by atoms with E-state index in [2.05, 4.69) is 19.9 Å². The van der Waals surface area contributed by atoms with Crippen LogP contribution in [-0.4, -0.2) is 50.6 Å².